The average Bonchev–Trinajstić information content (AvgIpc) is 3.74. The summed E-state index contributed by atoms with van der Waals surface area (Å²) in [6.07, 6.45) is 1.54. The second-order valence-corrected chi connectivity index (χ2v) is 10.1. The Labute approximate surface area is 249 Å². The Balaban J connectivity index is 1.24. The van der Waals surface area contributed by atoms with Crippen molar-refractivity contribution in [1.82, 2.24) is 40.1 Å². The normalized spacial score (nSPS) is 16.6. The standard InChI is InChI=1S/C28H30F3N9O4/c1-3-16-10-17(4-5-19(16)26(42)33-6-7-34-27(43)21-11-18(12-35-21)44-15-41)37-24-25-36-13-22(40(25)9-8-32-24)20-14-39(2)38-23(20)28(29,30)31/h4-5,8-10,13-15,18,21,35H,3,6-7,11-12H2,1-2H3,(H,32,37)(H,33,42)(H,34,43)/t18-,21+/m1/s1. The Bertz CT molecular complexity index is 1680. The number of aryl methyl sites for hydroxylation is 2. The minimum Gasteiger partial charge on any atom is -0.463 e. The third kappa shape index (κ3) is 6.49. The summed E-state index contributed by atoms with van der Waals surface area (Å²) < 4.78 is 48.3. The fraction of sp³-hybridized carbons (Fsp3) is 0.357. The van der Waals surface area contributed by atoms with Crippen molar-refractivity contribution >= 4 is 35.4 Å². The van der Waals surface area contributed by atoms with Crippen molar-refractivity contribution in [2.24, 2.45) is 7.05 Å². The maximum absolute atomic E-state index is 13.6. The molecule has 1 aliphatic heterocycles. The Morgan fingerprint density at radius 2 is 2.00 bits per heavy atom. The minimum atomic E-state index is -4.64. The molecule has 5 rings (SSSR count). The lowest BCUT2D eigenvalue weighted by molar-refractivity contribution is -0.141. The molecule has 232 valence electrons. The summed E-state index contributed by atoms with van der Waals surface area (Å²) in [5.41, 5.74) is 1.20. The number of carbonyl (C=O) groups excluding carboxylic acids is 3. The van der Waals surface area contributed by atoms with Crippen LogP contribution in [0.1, 0.15) is 35.0 Å². The number of carbonyl (C=O) groups is 3. The molecular formula is C28H30F3N9O4. The fourth-order valence-electron chi connectivity index (χ4n) is 5.08. The van der Waals surface area contributed by atoms with Crippen molar-refractivity contribution in [3.8, 4) is 11.3 Å². The highest BCUT2D eigenvalue weighted by atomic mass is 19.4. The maximum atomic E-state index is 13.6. The summed E-state index contributed by atoms with van der Waals surface area (Å²) in [5.74, 6) is -0.237. The molecule has 0 bridgehead atoms. The number of aromatic nitrogens is 5. The smallest absolute Gasteiger partial charge is 0.435 e. The van der Waals surface area contributed by atoms with Crippen LogP contribution in [0.2, 0.25) is 0 Å². The van der Waals surface area contributed by atoms with E-state index < -0.39 is 17.9 Å². The Hall–Kier alpha value is -4.99. The van der Waals surface area contributed by atoms with E-state index in [0.717, 1.165) is 10.2 Å². The zero-order valence-corrected chi connectivity index (χ0v) is 23.8. The van der Waals surface area contributed by atoms with Gasteiger partial charge in [0, 0.05) is 62.9 Å². The minimum absolute atomic E-state index is 0.110. The van der Waals surface area contributed by atoms with Crippen molar-refractivity contribution in [3.63, 3.8) is 0 Å². The molecule has 2 amide bonds. The zero-order chi connectivity index (χ0) is 31.4. The van der Waals surface area contributed by atoms with Crippen LogP contribution in [0.15, 0.2) is 43.0 Å². The maximum Gasteiger partial charge on any atom is 0.435 e. The topological polar surface area (TPSA) is 157 Å². The monoisotopic (exact) mass is 613 g/mol. The molecule has 0 aliphatic carbocycles. The van der Waals surface area contributed by atoms with Crippen LogP contribution in [0.25, 0.3) is 16.9 Å². The van der Waals surface area contributed by atoms with Gasteiger partial charge in [-0.05, 0) is 30.2 Å². The van der Waals surface area contributed by atoms with Gasteiger partial charge in [0.05, 0.1) is 23.5 Å². The van der Waals surface area contributed by atoms with Gasteiger partial charge in [-0.2, -0.15) is 18.3 Å². The number of halogens is 3. The predicted molar refractivity (Wildman–Crippen MR) is 152 cm³/mol. The first-order valence-corrected chi connectivity index (χ1v) is 13.8. The van der Waals surface area contributed by atoms with Crippen LogP contribution >= 0.6 is 0 Å². The second-order valence-electron chi connectivity index (χ2n) is 10.1. The molecule has 1 aromatic carbocycles. The number of ether oxygens (including phenoxy) is 1. The lowest BCUT2D eigenvalue weighted by Gasteiger charge is -2.14. The number of hydrogen-bond acceptors (Lipinski definition) is 9. The van der Waals surface area contributed by atoms with Crippen LogP contribution in [0.4, 0.5) is 24.7 Å². The van der Waals surface area contributed by atoms with Crippen molar-refractivity contribution in [1.29, 1.82) is 0 Å². The second kappa shape index (κ2) is 12.7. The quantitative estimate of drug-likeness (QED) is 0.147. The van der Waals surface area contributed by atoms with Gasteiger partial charge in [0.1, 0.15) is 6.10 Å². The summed E-state index contributed by atoms with van der Waals surface area (Å²) in [4.78, 5) is 44.3. The van der Waals surface area contributed by atoms with E-state index in [-0.39, 0.29) is 42.3 Å². The van der Waals surface area contributed by atoms with Crippen LogP contribution in [0.3, 0.4) is 0 Å². The first kappa shape index (κ1) is 30.5. The number of hydrogen-bond donors (Lipinski definition) is 4. The molecule has 4 heterocycles. The van der Waals surface area contributed by atoms with E-state index >= 15 is 0 Å². The van der Waals surface area contributed by atoms with E-state index in [2.05, 4.69) is 36.3 Å². The van der Waals surface area contributed by atoms with Crippen molar-refractivity contribution in [3.05, 3.63) is 59.8 Å². The Morgan fingerprint density at radius 3 is 2.75 bits per heavy atom. The molecule has 13 nitrogen and oxygen atoms in total. The number of nitrogens with zero attached hydrogens (tertiary/aromatic N) is 5. The summed E-state index contributed by atoms with van der Waals surface area (Å²) in [6.45, 7) is 3.09. The van der Waals surface area contributed by atoms with Gasteiger partial charge in [-0.1, -0.05) is 6.92 Å². The molecule has 0 radical (unpaired) electrons. The molecular weight excluding hydrogens is 583 g/mol. The highest BCUT2D eigenvalue weighted by Gasteiger charge is 2.38. The summed E-state index contributed by atoms with van der Waals surface area (Å²) in [7, 11) is 1.42. The SMILES string of the molecule is CCc1cc(Nc2nccn3c(-c4cn(C)nc4C(F)(F)F)cnc23)ccc1C(=O)NCCNC(=O)[C@@H]1C[C@@H](OC=O)CN1. The lowest BCUT2D eigenvalue weighted by atomic mass is 10.0. The van der Waals surface area contributed by atoms with Crippen LogP contribution < -0.4 is 21.3 Å². The van der Waals surface area contributed by atoms with Gasteiger partial charge in [0.2, 0.25) is 5.91 Å². The number of nitrogens with one attached hydrogen (secondary N) is 4. The molecule has 0 unspecified atom stereocenters. The van der Waals surface area contributed by atoms with Crippen molar-refractivity contribution in [2.45, 2.75) is 38.1 Å². The third-order valence-electron chi connectivity index (χ3n) is 7.16. The fourth-order valence-corrected chi connectivity index (χ4v) is 5.08. The first-order valence-electron chi connectivity index (χ1n) is 13.8. The molecule has 16 heteroatoms. The molecule has 3 aromatic heterocycles. The summed E-state index contributed by atoms with van der Waals surface area (Å²) in [6, 6.07) is 4.67. The molecule has 4 aromatic rings. The van der Waals surface area contributed by atoms with Gasteiger partial charge in [-0.15, -0.1) is 0 Å². The van der Waals surface area contributed by atoms with Gasteiger partial charge < -0.3 is 26.0 Å². The van der Waals surface area contributed by atoms with E-state index in [0.29, 0.717) is 48.6 Å². The number of amides is 2. The number of fused-ring (bicyclic) bond motifs is 1. The summed E-state index contributed by atoms with van der Waals surface area (Å²) in [5, 5.41) is 15.3. The van der Waals surface area contributed by atoms with Gasteiger partial charge in [-0.25, -0.2) is 9.97 Å². The van der Waals surface area contributed by atoms with E-state index in [1.807, 2.05) is 6.92 Å². The number of anilines is 2. The van der Waals surface area contributed by atoms with Crippen molar-refractivity contribution < 1.29 is 32.3 Å². The number of benzene rings is 1. The van der Waals surface area contributed by atoms with E-state index in [1.54, 1.807) is 18.2 Å². The molecule has 2 atom stereocenters. The van der Waals surface area contributed by atoms with E-state index in [9.17, 15) is 27.6 Å². The summed E-state index contributed by atoms with van der Waals surface area (Å²) >= 11 is 0. The molecule has 1 fully saturated rings. The van der Waals surface area contributed by atoms with E-state index in [1.165, 1.54) is 36.2 Å². The van der Waals surface area contributed by atoms with Crippen LogP contribution in [-0.4, -0.2) is 74.2 Å². The zero-order valence-electron chi connectivity index (χ0n) is 23.8. The van der Waals surface area contributed by atoms with Gasteiger partial charge in [-0.3, -0.25) is 23.5 Å². The molecule has 4 N–H and O–H groups in total. The first-order chi connectivity index (χ1) is 21.1. The lowest BCUT2D eigenvalue weighted by Crippen LogP contribution is -2.43. The molecule has 0 spiro atoms. The molecule has 1 saturated heterocycles. The number of imidazole rings is 1. The van der Waals surface area contributed by atoms with Gasteiger partial charge in [0.25, 0.3) is 12.4 Å². The molecule has 0 saturated carbocycles. The highest BCUT2D eigenvalue weighted by Crippen LogP contribution is 2.36. The molecule has 1 aliphatic rings. The Kier molecular flexibility index (Phi) is 8.80. The predicted octanol–water partition coefficient (Wildman–Crippen LogP) is 2.20. The van der Waals surface area contributed by atoms with Gasteiger partial charge in [0.15, 0.2) is 17.2 Å². The number of alkyl halides is 3. The van der Waals surface area contributed by atoms with Gasteiger partial charge >= 0.3 is 6.18 Å². The average molecular weight is 614 g/mol. The largest absolute Gasteiger partial charge is 0.463 e. The molecule has 44 heavy (non-hydrogen) atoms. The van der Waals surface area contributed by atoms with Crippen LogP contribution in [-0.2, 0) is 34.0 Å². The number of rotatable bonds is 11. The van der Waals surface area contributed by atoms with E-state index in [4.69, 9.17) is 4.74 Å². The van der Waals surface area contributed by atoms with Crippen LogP contribution in [0, 0.1) is 0 Å². The third-order valence-corrected chi connectivity index (χ3v) is 7.16. The van der Waals surface area contributed by atoms with Crippen LogP contribution in [0.5, 0.6) is 0 Å². The highest BCUT2D eigenvalue weighted by molar-refractivity contribution is 5.96. The van der Waals surface area contributed by atoms with Crippen molar-refractivity contribution in [2.75, 3.05) is 25.0 Å². The Morgan fingerprint density at radius 1 is 1.20 bits per heavy atom.